The van der Waals surface area contributed by atoms with Gasteiger partial charge in [0.15, 0.2) is 0 Å². The summed E-state index contributed by atoms with van der Waals surface area (Å²) in [6, 6.07) is 10.8. The second-order valence-corrected chi connectivity index (χ2v) is 17.9. The van der Waals surface area contributed by atoms with E-state index >= 15 is 0 Å². The van der Waals surface area contributed by atoms with Crippen LogP contribution < -0.4 is 5.32 Å². The van der Waals surface area contributed by atoms with Crippen LogP contribution in [0.3, 0.4) is 0 Å². The molecule has 0 spiro atoms. The number of nitrogens with one attached hydrogen (secondary N) is 1. The summed E-state index contributed by atoms with van der Waals surface area (Å²) in [5.41, 5.74) is 2.79. The number of phenols is 1. The third-order valence-electron chi connectivity index (χ3n) is 12.2. The molecule has 2 aromatic rings. The second kappa shape index (κ2) is 18.1. The Kier molecular flexibility index (Phi) is 14.9. The number of aliphatic hydroxyl groups is 2. The molecule has 11 heteroatoms. The van der Waals surface area contributed by atoms with Crippen LogP contribution in [0.5, 0.6) is 5.75 Å². The van der Waals surface area contributed by atoms with E-state index in [9.17, 15) is 20.1 Å². The first-order valence-electron chi connectivity index (χ1n) is 19.0. The zero-order valence-electron chi connectivity index (χ0n) is 32.9. The van der Waals surface area contributed by atoms with E-state index in [0.29, 0.717) is 53.0 Å². The van der Waals surface area contributed by atoms with Gasteiger partial charge in [0.05, 0.1) is 24.3 Å². The van der Waals surface area contributed by atoms with Crippen LogP contribution in [0.4, 0.5) is 0 Å². The molecule has 2 aromatic carbocycles. The lowest BCUT2D eigenvalue weighted by Gasteiger charge is -2.50. The lowest BCUT2D eigenvalue weighted by atomic mass is 9.58. The third kappa shape index (κ3) is 10.2. The first kappa shape index (κ1) is 42.8. The van der Waals surface area contributed by atoms with Crippen LogP contribution in [-0.2, 0) is 29.3 Å². The van der Waals surface area contributed by atoms with Crippen molar-refractivity contribution in [1.82, 2.24) is 20.2 Å². The number of aromatic hydroxyl groups is 1. The van der Waals surface area contributed by atoms with Gasteiger partial charge < -0.3 is 25.5 Å². The molecule has 1 saturated heterocycles. The van der Waals surface area contributed by atoms with Gasteiger partial charge in [-0.25, -0.2) is 0 Å². The van der Waals surface area contributed by atoms with Gasteiger partial charge in [0.2, 0.25) is 5.91 Å². The first-order chi connectivity index (χ1) is 24.3. The highest BCUT2D eigenvalue weighted by molar-refractivity contribution is 6.35. The molecule has 4 rings (SSSR count). The molecule has 2 fully saturated rings. The van der Waals surface area contributed by atoms with E-state index in [2.05, 4.69) is 89.8 Å². The van der Waals surface area contributed by atoms with E-state index < -0.39 is 24.2 Å². The van der Waals surface area contributed by atoms with E-state index in [1.165, 1.54) is 6.07 Å². The molecule has 0 radical (unpaired) electrons. The molecule has 9 nitrogen and oxygen atoms in total. The van der Waals surface area contributed by atoms with Crippen molar-refractivity contribution < 1.29 is 25.0 Å². The molecule has 1 amide bonds. The Morgan fingerprint density at radius 2 is 1.75 bits per heavy atom. The van der Waals surface area contributed by atoms with Gasteiger partial charge in [-0.15, -0.1) is 0 Å². The monoisotopic (exact) mass is 762 g/mol. The van der Waals surface area contributed by atoms with Gasteiger partial charge in [-0.2, -0.15) is 5.06 Å². The number of aliphatic hydroxyl groups excluding tert-OH is 2. The summed E-state index contributed by atoms with van der Waals surface area (Å²) in [5.74, 6) is 0.850. The minimum Gasteiger partial charge on any atom is -0.508 e. The fraction of sp³-hybridized carbons (Fsp3) is 0.683. The van der Waals surface area contributed by atoms with Crippen LogP contribution in [-0.4, -0.2) is 93.7 Å². The molecular formula is C41H64Cl2N4O5. The van der Waals surface area contributed by atoms with Gasteiger partial charge in [-0.3, -0.25) is 14.5 Å². The fourth-order valence-corrected chi connectivity index (χ4v) is 9.06. The number of carbonyl (C=O) groups is 1. The lowest BCUT2D eigenvalue weighted by Crippen LogP contribution is -2.56. The van der Waals surface area contributed by atoms with Gasteiger partial charge in [0.25, 0.3) is 0 Å². The molecule has 52 heavy (non-hydrogen) atoms. The van der Waals surface area contributed by atoms with E-state index in [1.807, 2.05) is 12.1 Å². The summed E-state index contributed by atoms with van der Waals surface area (Å²) in [5, 5.41) is 38.0. The topological polar surface area (TPSA) is 109 Å². The molecule has 0 unspecified atom stereocenters. The number of hydrogen-bond acceptors (Lipinski definition) is 8. The maximum atomic E-state index is 14.2. The minimum absolute atomic E-state index is 0.000887. The largest absolute Gasteiger partial charge is 0.508 e. The summed E-state index contributed by atoms with van der Waals surface area (Å²) in [6.45, 7) is 19.3. The molecular weight excluding hydrogens is 699 g/mol. The molecule has 1 aliphatic heterocycles. The number of hydrogen-bond donors (Lipinski definition) is 4. The van der Waals surface area contributed by atoms with Crippen molar-refractivity contribution in [2.45, 2.75) is 118 Å². The van der Waals surface area contributed by atoms with E-state index in [0.717, 1.165) is 30.5 Å². The average Bonchev–Trinajstić information content (AvgIpc) is 3.42. The highest BCUT2D eigenvalue weighted by Crippen LogP contribution is 2.47. The molecule has 0 aromatic heterocycles. The number of halogens is 2. The number of likely N-dealkylation sites (N-methyl/N-ethyl adjacent to an activating group) is 1. The highest BCUT2D eigenvalue weighted by Gasteiger charge is 2.51. The third-order valence-corrected chi connectivity index (χ3v) is 12.8. The van der Waals surface area contributed by atoms with Gasteiger partial charge in [0, 0.05) is 48.2 Å². The Balaban J connectivity index is 1.62. The number of amides is 1. The van der Waals surface area contributed by atoms with Crippen LogP contribution in [0.25, 0.3) is 0 Å². The predicted molar refractivity (Wildman–Crippen MR) is 210 cm³/mol. The number of rotatable bonds is 15. The van der Waals surface area contributed by atoms with E-state index in [1.54, 1.807) is 18.1 Å². The molecule has 9 atom stereocenters. The Morgan fingerprint density at radius 3 is 2.35 bits per heavy atom. The van der Waals surface area contributed by atoms with Gasteiger partial charge in [0.1, 0.15) is 17.9 Å². The molecule has 292 valence electrons. The van der Waals surface area contributed by atoms with Crippen LogP contribution in [0.15, 0.2) is 36.4 Å². The van der Waals surface area contributed by atoms with Crippen LogP contribution in [0.2, 0.25) is 10.0 Å². The summed E-state index contributed by atoms with van der Waals surface area (Å²) >= 11 is 12.8. The maximum Gasteiger partial charge on any atom is 0.240 e. The van der Waals surface area contributed by atoms with Crippen molar-refractivity contribution in [3.8, 4) is 5.75 Å². The van der Waals surface area contributed by atoms with Crippen molar-refractivity contribution in [3.63, 3.8) is 0 Å². The zero-order chi connectivity index (χ0) is 38.7. The van der Waals surface area contributed by atoms with Crippen molar-refractivity contribution in [1.29, 1.82) is 0 Å². The van der Waals surface area contributed by atoms with Crippen molar-refractivity contribution in [3.05, 3.63) is 63.1 Å². The number of carbonyl (C=O) groups excluding carboxylic acids is 1. The summed E-state index contributed by atoms with van der Waals surface area (Å²) in [6.07, 6.45) is 0.239. The molecule has 4 N–H and O–H groups in total. The van der Waals surface area contributed by atoms with Crippen LogP contribution in [0, 0.1) is 35.0 Å². The number of benzene rings is 2. The van der Waals surface area contributed by atoms with Crippen molar-refractivity contribution in [2.24, 2.45) is 35.0 Å². The van der Waals surface area contributed by atoms with Gasteiger partial charge in [-0.1, -0.05) is 95.9 Å². The predicted octanol–water partition coefficient (Wildman–Crippen LogP) is 6.97. The lowest BCUT2D eigenvalue weighted by molar-refractivity contribution is -0.182. The van der Waals surface area contributed by atoms with E-state index in [4.69, 9.17) is 28.0 Å². The smallest absolute Gasteiger partial charge is 0.240 e. The summed E-state index contributed by atoms with van der Waals surface area (Å²) in [7, 11) is 4.14. The number of phenolic OH excluding ortho intramolecular Hbond substituents is 1. The molecule has 1 saturated carbocycles. The standard InChI is InChI=1S/C41H64Cl2N4O5/c1-24(2)14-32(21-45(9)10)46(22-33-34(43)17-31(42)18-36(33)50)19-29-12-11-13-30(16-29)20-47-39(38(28(6)49)37(23-48)52-47)40(51)44-35-15-25(3)41(7,8)27(5)26(35)4/h11-13,16-18,24-28,32,35,37-39,48-50H,14-15,19-23H2,1-10H3,(H,44,51)/t25-,26+,27+,28+,32+,35+,37+,38-,39+/m1/s1. The van der Waals surface area contributed by atoms with E-state index in [-0.39, 0.29) is 41.7 Å². The zero-order valence-corrected chi connectivity index (χ0v) is 34.5. The Labute approximate surface area is 322 Å². The molecule has 0 bridgehead atoms. The van der Waals surface area contributed by atoms with Crippen molar-refractivity contribution in [2.75, 3.05) is 27.2 Å². The number of nitrogens with zero attached hydrogens (tertiary/aromatic N) is 3. The van der Waals surface area contributed by atoms with Gasteiger partial charge >= 0.3 is 0 Å². The quantitative estimate of drug-likeness (QED) is 0.154. The summed E-state index contributed by atoms with van der Waals surface area (Å²) in [4.78, 5) is 25.1. The number of hydroxylamine groups is 2. The Morgan fingerprint density at radius 1 is 1.08 bits per heavy atom. The van der Waals surface area contributed by atoms with Crippen LogP contribution in [0.1, 0.15) is 84.9 Å². The first-order valence-corrected chi connectivity index (χ1v) is 19.8. The maximum absolute atomic E-state index is 14.2. The van der Waals surface area contributed by atoms with Crippen LogP contribution >= 0.6 is 23.2 Å². The normalized spacial score (nSPS) is 27.8. The van der Waals surface area contributed by atoms with Gasteiger partial charge in [-0.05, 0) is 86.2 Å². The molecule has 2 aliphatic rings. The average molecular weight is 764 g/mol. The summed E-state index contributed by atoms with van der Waals surface area (Å²) < 4.78 is 0. The second-order valence-electron chi connectivity index (χ2n) is 17.0. The fourth-order valence-electron chi connectivity index (χ4n) is 8.52. The van der Waals surface area contributed by atoms with Crippen molar-refractivity contribution >= 4 is 29.1 Å². The molecule has 1 heterocycles. The highest BCUT2D eigenvalue weighted by atomic mass is 35.5. The Bertz CT molecular complexity index is 1460. The molecule has 1 aliphatic carbocycles. The SMILES string of the molecule is CC(C)C[C@@H](CN(C)C)N(Cc1cccc(CN2O[C@@H](CO)[C@@H]([C@H](C)O)[C@H]2C(=O)N[C@H]2C[C@@H](C)C(C)(C)[C@@H](C)[C@@H]2C)c1)Cc1c(O)cc(Cl)cc1Cl. The Hall–Kier alpha value is -1.95. The minimum atomic E-state index is -0.871.